The Bertz CT molecular complexity index is 1200. The number of hydrogen-bond donors (Lipinski definition) is 0. The number of halogens is 3. The van der Waals surface area contributed by atoms with Crippen molar-refractivity contribution in [1.82, 2.24) is 0 Å². The van der Waals surface area contributed by atoms with E-state index in [2.05, 4.69) is 0 Å². The normalized spacial score (nSPS) is 10.6. The molecule has 0 saturated carbocycles. The van der Waals surface area contributed by atoms with Crippen molar-refractivity contribution >= 4 is 5.97 Å². The minimum atomic E-state index is -1.62. The topological polar surface area (TPSA) is 26.3 Å². The predicted octanol–water partition coefficient (Wildman–Crippen LogP) is 6.66. The van der Waals surface area contributed by atoms with E-state index in [1.54, 1.807) is 12.1 Å². The summed E-state index contributed by atoms with van der Waals surface area (Å²) in [7, 11) is 0. The zero-order valence-electron chi connectivity index (χ0n) is 15.6. The Morgan fingerprint density at radius 2 is 1.20 bits per heavy atom. The molecule has 0 atom stereocenters. The molecule has 0 radical (unpaired) electrons. The highest BCUT2D eigenvalue weighted by atomic mass is 19.2. The van der Waals surface area contributed by atoms with Gasteiger partial charge in [0, 0.05) is 12.1 Å². The second kappa shape index (κ2) is 8.25. The second-order valence-corrected chi connectivity index (χ2v) is 6.58. The fraction of sp³-hybridized carbons (Fsp3) is 0. The molecule has 0 amide bonds. The number of esters is 1. The molecule has 0 N–H and O–H groups in total. The third-order valence-corrected chi connectivity index (χ3v) is 4.59. The molecule has 0 aromatic heterocycles. The molecule has 0 unspecified atom stereocenters. The number of rotatable bonds is 4. The summed E-state index contributed by atoms with van der Waals surface area (Å²) in [6.45, 7) is 0. The molecular formula is C25H15F3O2. The minimum absolute atomic E-state index is 0.195. The lowest BCUT2D eigenvalue weighted by Gasteiger charge is -2.11. The lowest BCUT2D eigenvalue weighted by atomic mass is 9.94. The largest absolute Gasteiger partial charge is 0.423 e. The van der Waals surface area contributed by atoms with Gasteiger partial charge in [-0.1, -0.05) is 66.7 Å². The van der Waals surface area contributed by atoms with Crippen LogP contribution < -0.4 is 4.74 Å². The fourth-order valence-electron chi connectivity index (χ4n) is 3.18. The first kappa shape index (κ1) is 19.5. The van der Waals surface area contributed by atoms with Crippen molar-refractivity contribution < 1.29 is 22.7 Å². The summed E-state index contributed by atoms with van der Waals surface area (Å²) in [5.74, 6) is -5.69. The van der Waals surface area contributed by atoms with E-state index in [9.17, 15) is 18.0 Å². The van der Waals surface area contributed by atoms with Crippen molar-refractivity contribution in [3.63, 3.8) is 0 Å². The monoisotopic (exact) mass is 404 g/mol. The molecule has 4 aromatic carbocycles. The first-order chi connectivity index (χ1) is 14.5. The van der Waals surface area contributed by atoms with Gasteiger partial charge in [0.05, 0.1) is 5.56 Å². The van der Waals surface area contributed by atoms with Crippen LogP contribution in [0.15, 0.2) is 91.0 Å². The molecule has 0 aliphatic rings. The van der Waals surface area contributed by atoms with E-state index < -0.39 is 29.2 Å². The maximum atomic E-state index is 13.4. The fourth-order valence-corrected chi connectivity index (χ4v) is 3.18. The lowest BCUT2D eigenvalue weighted by molar-refractivity contribution is 0.0733. The molecule has 2 nitrogen and oxygen atoms in total. The molecule has 0 spiro atoms. The van der Waals surface area contributed by atoms with Crippen LogP contribution >= 0.6 is 0 Å². The molecule has 5 heteroatoms. The summed E-state index contributed by atoms with van der Waals surface area (Å²) in [4.78, 5) is 12.5. The van der Waals surface area contributed by atoms with E-state index in [1.165, 1.54) is 6.07 Å². The Kier molecular flexibility index (Phi) is 5.35. The molecular weight excluding hydrogens is 389 g/mol. The van der Waals surface area contributed by atoms with Crippen LogP contribution in [0.3, 0.4) is 0 Å². The van der Waals surface area contributed by atoms with Crippen LogP contribution in [0.25, 0.3) is 22.3 Å². The Balaban J connectivity index is 1.67. The lowest BCUT2D eigenvalue weighted by Crippen LogP contribution is -2.09. The summed E-state index contributed by atoms with van der Waals surface area (Å²) in [5, 5.41) is 0. The van der Waals surface area contributed by atoms with E-state index in [0.717, 1.165) is 22.3 Å². The SMILES string of the molecule is O=C(Oc1cc(F)c(F)c(F)c1)c1cccc(-c2ccccc2-c2ccccc2)c1. The maximum Gasteiger partial charge on any atom is 0.343 e. The van der Waals surface area contributed by atoms with E-state index in [-0.39, 0.29) is 5.56 Å². The molecule has 0 heterocycles. The highest BCUT2D eigenvalue weighted by Gasteiger charge is 2.16. The van der Waals surface area contributed by atoms with Crippen molar-refractivity contribution in [2.45, 2.75) is 0 Å². The number of ether oxygens (including phenoxy) is 1. The minimum Gasteiger partial charge on any atom is -0.423 e. The van der Waals surface area contributed by atoms with Crippen LogP contribution in [0, 0.1) is 17.5 Å². The van der Waals surface area contributed by atoms with E-state index in [0.29, 0.717) is 12.1 Å². The van der Waals surface area contributed by atoms with Gasteiger partial charge in [0.15, 0.2) is 17.5 Å². The number of carbonyl (C=O) groups is 1. The molecule has 148 valence electrons. The van der Waals surface area contributed by atoms with Crippen LogP contribution in [0.4, 0.5) is 13.2 Å². The van der Waals surface area contributed by atoms with Crippen molar-refractivity contribution in [3.05, 3.63) is 114 Å². The van der Waals surface area contributed by atoms with Gasteiger partial charge in [0.2, 0.25) is 0 Å². The Hall–Kier alpha value is -3.86. The van der Waals surface area contributed by atoms with Crippen LogP contribution in [0.5, 0.6) is 5.75 Å². The maximum absolute atomic E-state index is 13.4. The van der Waals surface area contributed by atoms with Gasteiger partial charge in [-0.15, -0.1) is 0 Å². The number of hydrogen-bond acceptors (Lipinski definition) is 2. The van der Waals surface area contributed by atoms with Gasteiger partial charge in [-0.2, -0.15) is 0 Å². The van der Waals surface area contributed by atoms with Crippen LogP contribution in [0.2, 0.25) is 0 Å². The van der Waals surface area contributed by atoms with Crippen LogP contribution in [0.1, 0.15) is 10.4 Å². The molecule has 0 aliphatic carbocycles. The van der Waals surface area contributed by atoms with Crippen molar-refractivity contribution in [3.8, 4) is 28.0 Å². The summed E-state index contributed by atoms with van der Waals surface area (Å²) in [6, 6.07) is 25.6. The smallest absolute Gasteiger partial charge is 0.343 e. The quantitative estimate of drug-likeness (QED) is 0.216. The van der Waals surface area contributed by atoms with Gasteiger partial charge in [-0.05, 0) is 34.4 Å². The third kappa shape index (κ3) is 3.96. The Morgan fingerprint density at radius 1 is 0.633 bits per heavy atom. The van der Waals surface area contributed by atoms with Gasteiger partial charge in [0.25, 0.3) is 0 Å². The standard InChI is InChI=1S/C25H15F3O2/c26-22-14-19(15-23(27)24(22)28)30-25(29)18-10-6-9-17(13-18)21-12-5-4-11-20(21)16-7-2-1-3-8-16/h1-15H. The highest BCUT2D eigenvalue weighted by Crippen LogP contribution is 2.32. The summed E-state index contributed by atoms with van der Waals surface area (Å²) < 4.78 is 44.9. The third-order valence-electron chi connectivity index (χ3n) is 4.59. The first-order valence-corrected chi connectivity index (χ1v) is 9.14. The Morgan fingerprint density at radius 3 is 1.87 bits per heavy atom. The summed E-state index contributed by atoms with van der Waals surface area (Å²) in [6.07, 6.45) is 0. The molecule has 4 rings (SSSR count). The molecule has 30 heavy (non-hydrogen) atoms. The molecule has 4 aromatic rings. The van der Waals surface area contributed by atoms with E-state index in [4.69, 9.17) is 4.74 Å². The van der Waals surface area contributed by atoms with Crippen LogP contribution in [-0.2, 0) is 0 Å². The average Bonchev–Trinajstić information content (AvgIpc) is 2.78. The molecule has 0 saturated heterocycles. The zero-order valence-corrected chi connectivity index (χ0v) is 15.6. The molecule has 0 bridgehead atoms. The zero-order chi connectivity index (χ0) is 21.1. The van der Waals surface area contributed by atoms with Gasteiger partial charge in [-0.3, -0.25) is 0 Å². The van der Waals surface area contributed by atoms with Gasteiger partial charge >= 0.3 is 5.97 Å². The van der Waals surface area contributed by atoms with Crippen molar-refractivity contribution in [1.29, 1.82) is 0 Å². The second-order valence-electron chi connectivity index (χ2n) is 6.58. The van der Waals surface area contributed by atoms with Crippen molar-refractivity contribution in [2.75, 3.05) is 0 Å². The van der Waals surface area contributed by atoms with Crippen LogP contribution in [-0.4, -0.2) is 5.97 Å². The summed E-state index contributed by atoms with van der Waals surface area (Å²) >= 11 is 0. The van der Waals surface area contributed by atoms with Gasteiger partial charge < -0.3 is 4.74 Å². The Labute approximate surface area is 171 Å². The first-order valence-electron chi connectivity index (χ1n) is 9.14. The average molecular weight is 404 g/mol. The predicted molar refractivity (Wildman–Crippen MR) is 109 cm³/mol. The number of benzene rings is 4. The van der Waals surface area contributed by atoms with Crippen molar-refractivity contribution in [2.24, 2.45) is 0 Å². The highest BCUT2D eigenvalue weighted by molar-refractivity contribution is 5.93. The molecule has 0 fully saturated rings. The van der Waals surface area contributed by atoms with Gasteiger partial charge in [0.1, 0.15) is 5.75 Å². The number of carbonyl (C=O) groups excluding carboxylic acids is 1. The summed E-state index contributed by atoms with van der Waals surface area (Å²) in [5.41, 5.74) is 3.91. The van der Waals surface area contributed by atoms with E-state index >= 15 is 0 Å². The van der Waals surface area contributed by atoms with Gasteiger partial charge in [-0.25, -0.2) is 18.0 Å². The van der Waals surface area contributed by atoms with E-state index in [1.807, 2.05) is 60.7 Å². The molecule has 0 aliphatic heterocycles.